The smallest absolute Gasteiger partial charge is 0.145 e. The lowest BCUT2D eigenvalue weighted by Crippen LogP contribution is -2.10. The predicted octanol–water partition coefficient (Wildman–Crippen LogP) is 3.35. The van der Waals surface area contributed by atoms with E-state index >= 15 is 0 Å². The fourth-order valence-electron chi connectivity index (χ4n) is 0.973. The standard InChI is InChI=1S/C7H8OS5/c8-1-4-2-10-5-6(11-3-4)13-7(9)12-5/h4,8H,1-3H2. The summed E-state index contributed by atoms with van der Waals surface area (Å²) in [5.41, 5.74) is 0. The largest absolute Gasteiger partial charge is 0.396 e. The Hall–Kier alpha value is 0.930. The topological polar surface area (TPSA) is 20.2 Å². The van der Waals surface area contributed by atoms with Crippen molar-refractivity contribution in [2.24, 2.45) is 5.92 Å². The summed E-state index contributed by atoms with van der Waals surface area (Å²) in [4.78, 5) is 0. The van der Waals surface area contributed by atoms with Crippen LogP contribution in [0.5, 0.6) is 0 Å². The molecule has 0 bridgehead atoms. The molecule has 1 nitrogen and oxygen atoms in total. The Morgan fingerprint density at radius 2 is 1.77 bits per heavy atom. The maximum Gasteiger partial charge on any atom is 0.145 e. The van der Waals surface area contributed by atoms with Crippen LogP contribution in [0.4, 0.5) is 0 Å². The Bertz CT molecular complexity index is 312. The van der Waals surface area contributed by atoms with Gasteiger partial charge >= 0.3 is 0 Å². The minimum absolute atomic E-state index is 0.306. The molecule has 2 heterocycles. The fourth-order valence-corrected chi connectivity index (χ4v) is 7.43. The second kappa shape index (κ2) is 4.63. The molecule has 0 fully saturated rings. The van der Waals surface area contributed by atoms with Crippen molar-refractivity contribution < 1.29 is 5.11 Å². The molecule has 0 saturated heterocycles. The van der Waals surface area contributed by atoms with Gasteiger partial charge in [0, 0.05) is 24.0 Å². The van der Waals surface area contributed by atoms with Crippen molar-refractivity contribution >= 4 is 58.4 Å². The van der Waals surface area contributed by atoms with Gasteiger partial charge in [0.25, 0.3) is 0 Å². The zero-order valence-electron chi connectivity index (χ0n) is 6.69. The second-order valence-electron chi connectivity index (χ2n) is 2.70. The van der Waals surface area contributed by atoms with Crippen LogP contribution in [0.1, 0.15) is 0 Å². The number of hydrogen-bond donors (Lipinski definition) is 1. The molecule has 0 atom stereocenters. The molecule has 0 unspecified atom stereocenters. The summed E-state index contributed by atoms with van der Waals surface area (Å²) in [6.07, 6.45) is 0. The van der Waals surface area contributed by atoms with Crippen molar-refractivity contribution in [2.45, 2.75) is 8.42 Å². The molecule has 72 valence electrons. The van der Waals surface area contributed by atoms with E-state index in [1.165, 1.54) is 8.42 Å². The Balaban J connectivity index is 2.19. The molecular formula is C7H8OS5. The first-order chi connectivity index (χ1) is 6.29. The lowest BCUT2D eigenvalue weighted by Gasteiger charge is -2.06. The Labute approximate surface area is 98.6 Å². The normalized spacial score (nSPS) is 18.2. The first kappa shape index (κ1) is 10.4. The van der Waals surface area contributed by atoms with Gasteiger partial charge < -0.3 is 5.11 Å². The monoisotopic (exact) mass is 268 g/mol. The maximum absolute atomic E-state index is 9.05. The number of rotatable bonds is 1. The zero-order valence-corrected chi connectivity index (χ0v) is 10.8. The van der Waals surface area contributed by atoms with E-state index in [9.17, 15) is 0 Å². The molecule has 1 N–H and O–H groups in total. The van der Waals surface area contributed by atoms with Crippen LogP contribution in [0.25, 0.3) is 0 Å². The summed E-state index contributed by atoms with van der Waals surface area (Å²) in [6, 6.07) is 0. The average molecular weight is 268 g/mol. The van der Waals surface area contributed by atoms with E-state index in [-0.39, 0.29) is 0 Å². The number of aliphatic hydroxyl groups excluding tert-OH is 1. The van der Waals surface area contributed by atoms with Crippen molar-refractivity contribution in [3.63, 3.8) is 0 Å². The Kier molecular flexibility index (Phi) is 3.72. The van der Waals surface area contributed by atoms with Gasteiger partial charge in [-0.3, -0.25) is 0 Å². The molecule has 0 spiro atoms. The molecule has 0 amide bonds. The van der Waals surface area contributed by atoms with Crippen molar-refractivity contribution in [3.8, 4) is 0 Å². The van der Waals surface area contributed by atoms with Gasteiger partial charge in [0.05, 0.1) is 8.42 Å². The van der Waals surface area contributed by atoms with Gasteiger partial charge in [0.2, 0.25) is 0 Å². The highest BCUT2D eigenvalue weighted by Crippen LogP contribution is 2.44. The highest BCUT2D eigenvalue weighted by atomic mass is 32.2. The molecule has 0 saturated carbocycles. The number of fused-ring (bicyclic) bond motifs is 1. The van der Waals surface area contributed by atoms with Crippen LogP contribution in [0.15, 0.2) is 8.42 Å². The first-order valence-corrected chi connectivity index (χ1v) is 7.81. The Morgan fingerprint density at radius 3 is 2.23 bits per heavy atom. The number of thioether (sulfide) groups is 2. The number of hydrogen-bond acceptors (Lipinski definition) is 6. The van der Waals surface area contributed by atoms with Gasteiger partial charge in [-0.05, 0) is 0 Å². The van der Waals surface area contributed by atoms with E-state index in [1.807, 2.05) is 23.5 Å². The molecule has 0 radical (unpaired) electrons. The van der Waals surface area contributed by atoms with E-state index in [0.29, 0.717) is 12.5 Å². The van der Waals surface area contributed by atoms with Crippen LogP contribution < -0.4 is 0 Å². The van der Waals surface area contributed by atoms with Gasteiger partial charge in [-0.1, -0.05) is 12.2 Å². The lowest BCUT2D eigenvalue weighted by molar-refractivity contribution is 0.253. The minimum Gasteiger partial charge on any atom is -0.396 e. The van der Waals surface area contributed by atoms with Gasteiger partial charge in [-0.15, -0.1) is 46.2 Å². The lowest BCUT2D eigenvalue weighted by atomic mass is 10.2. The number of aliphatic hydroxyl groups is 1. The summed E-state index contributed by atoms with van der Waals surface area (Å²) in [5, 5.41) is 9.05. The molecule has 2 rings (SSSR count). The predicted molar refractivity (Wildman–Crippen MR) is 65.1 cm³/mol. The molecule has 0 aromatic carbocycles. The molecule has 0 aliphatic carbocycles. The molecule has 13 heavy (non-hydrogen) atoms. The molecule has 6 heteroatoms. The summed E-state index contributed by atoms with van der Waals surface area (Å²) < 4.78 is 3.74. The van der Waals surface area contributed by atoms with Crippen molar-refractivity contribution in [1.29, 1.82) is 0 Å². The summed E-state index contributed by atoms with van der Waals surface area (Å²) >= 11 is 12.3. The summed E-state index contributed by atoms with van der Waals surface area (Å²) in [6.45, 7) is 0.306. The third kappa shape index (κ3) is 2.49. The van der Waals surface area contributed by atoms with E-state index in [1.54, 1.807) is 22.7 Å². The zero-order chi connectivity index (χ0) is 9.26. The summed E-state index contributed by atoms with van der Waals surface area (Å²) in [5.74, 6) is 2.49. The fraction of sp³-hybridized carbons (Fsp3) is 0.571. The highest BCUT2D eigenvalue weighted by Gasteiger charge is 2.18. The van der Waals surface area contributed by atoms with Crippen LogP contribution in [0, 0.1) is 9.06 Å². The van der Waals surface area contributed by atoms with Gasteiger partial charge in [-0.2, -0.15) is 0 Å². The van der Waals surface area contributed by atoms with E-state index < -0.39 is 0 Å². The van der Waals surface area contributed by atoms with Crippen LogP contribution in [-0.4, -0.2) is 23.2 Å². The Morgan fingerprint density at radius 1 is 1.23 bits per heavy atom. The van der Waals surface area contributed by atoms with Crippen LogP contribution in [-0.2, 0) is 0 Å². The first-order valence-electron chi connectivity index (χ1n) is 3.80. The van der Waals surface area contributed by atoms with E-state index in [4.69, 9.17) is 17.3 Å². The molecule has 1 aromatic rings. The van der Waals surface area contributed by atoms with Crippen molar-refractivity contribution in [2.75, 3.05) is 18.1 Å². The molecule has 1 aromatic heterocycles. The molecule has 1 aliphatic rings. The molecular weight excluding hydrogens is 260 g/mol. The average Bonchev–Trinajstić information content (AvgIpc) is 2.37. The van der Waals surface area contributed by atoms with E-state index in [0.717, 1.165) is 14.6 Å². The highest BCUT2D eigenvalue weighted by molar-refractivity contribution is 8.05. The SMILES string of the molecule is OCC1CSc2sc(=S)sc2SC1. The quantitative estimate of drug-likeness (QED) is 0.788. The maximum atomic E-state index is 9.05. The van der Waals surface area contributed by atoms with Gasteiger partial charge in [-0.25, -0.2) is 0 Å². The van der Waals surface area contributed by atoms with Gasteiger partial charge in [0.15, 0.2) is 0 Å². The summed E-state index contributed by atoms with van der Waals surface area (Å²) in [7, 11) is 0. The third-order valence-electron chi connectivity index (χ3n) is 1.68. The van der Waals surface area contributed by atoms with Crippen LogP contribution in [0.3, 0.4) is 0 Å². The third-order valence-corrected chi connectivity index (χ3v) is 7.72. The second-order valence-corrected chi connectivity index (χ2v) is 8.50. The van der Waals surface area contributed by atoms with Crippen molar-refractivity contribution in [1.82, 2.24) is 0 Å². The van der Waals surface area contributed by atoms with Gasteiger partial charge in [0.1, 0.15) is 3.14 Å². The van der Waals surface area contributed by atoms with E-state index in [2.05, 4.69) is 0 Å². The van der Waals surface area contributed by atoms with Crippen LogP contribution >= 0.6 is 58.4 Å². The van der Waals surface area contributed by atoms with Crippen molar-refractivity contribution in [3.05, 3.63) is 3.14 Å². The minimum atomic E-state index is 0.306. The van der Waals surface area contributed by atoms with Crippen LogP contribution in [0.2, 0.25) is 0 Å². The molecule has 1 aliphatic heterocycles.